The third-order valence-corrected chi connectivity index (χ3v) is 5.37. The number of hydrogen-bond acceptors (Lipinski definition) is 7. The van der Waals surface area contributed by atoms with Crippen LogP contribution in [0.15, 0.2) is 59.8 Å². The van der Waals surface area contributed by atoms with Crippen LogP contribution in [-0.2, 0) is 0 Å². The van der Waals surface area contributed by atoms with Crippen molar-refractivity contribution >= 4 is 34.2 Å². The molecule has 0 spiro atoms. The van der Waals surface area contributed by atoms with E-state index in [4.69, 9.17) is 32.7 Å². The minimum absolute atomic E-state index is 0.0216. The molecule has 0 bridgehead atoms. The largest absolute Gasteiger partial charge is 0.496 e. The molecule has 1 amide bonds. The summed E-state index contributed by atoms with van der Waals surface area (Å²) < 4.78 is 12.9. The summed E-state index contributed by atoms with van der Waals surface area (Å²) in [6.45, 7) is -0.0216. The summed E-state index contributed by atoms with van der Waals surface area (Å²) in [6, 6.07) is 14.2. The zero-order chi connectivity index (χ0) is 24.2. The number of fused-ring (bicyclic) bond motifs is 1. The Morgan fingerprint density at radius 1 is 1.15 bits per heavy atom. The molecule has 4 aromatic rings. The minimum atomic E-state index is -0.457. The van der Waals surface area contributed by atoms with Gasteiger partial charge >= 0.3 is 0 Å². The van der Waals surface area contributed by atoms with Crippen molar-refractivity contribution in [3.63, 3.8) is 0 Å². The maximum absolute atomic E-state index is 12.9. The molecule has 0 fully saturated rings. The number of halogens is 1. The SMILES string of the molecule is COc1cccc(OC)c1-c1cc(C(=O)NC/C(N)=N/N)nn1-c1ccnc2cc(Cl)ccc12. The van der Waals surface area contributed by atoms with E-state index in [1.807, 2.05) is 12.1 Å². The lowest BCUT2D eigenvalue weighted by molar-refractivity contribution is 0.0954. The minimum Gasteiger partial charge on any atom is -0.496 e. The van der Waals surface area contributed by atoms with Crippen LogP contribution in [0.3, 0.4) is 0 Å². The molecular formula is C23H22ClN7O3. The lowest BCUT2D eigenvalue weighted by Crippen LogP contribution is -2.34. The summed E-state index contributed by atoms with van der Waals surface area (Å²) in [5, 5.41) is 12.0. The van der Waals surface area contributed by atoms with Gasteiger partial charge in [0.05, 0.1) is 43.2 Å². The molecule has 0 saturated carbocycles. The topological polar surface area (TPSA) is 143 Å². The van der Waals surface area contributed by atoms with Crippen molar-refractivity contribution in [3.05, 3.63) is 65.4 Å². The van der Waals surface area contributed by atoms with Gasteiger partial charge in [0.1, 0.15) is 17.3 Å². The second-order valence-corrected chi connectivity index (χ2v) is 7.60. The maximum atomic E-state index is 12.9. The van der Waals surface area contributed by atoms with Gasteiger partial charge in [-0.1, -0.05) is 17.7 Å². The molecule has 0 saturated heterocycles. The van der Waals surface area contributed by atoms with E-state index in [1.54, 1.807) is 61.5 Å². The molecule has 10 nitrogen and oxygen atoms in total. The molecule has 2 aromatic heterocycles. The van der Waals surface area contributed by atoms with Gasteiger partial charge in [0.15, 0.2) is 5.69 Å². The number of carbonyl (C=O) groups excluding carboxylic acids is 1. The average molecular weight is 480 g/mol. The first-order chi connectivity index (χ1) is 16.5. The molecule has 174 valence electrons. The molecule has 4 rings (SSSR count). The lowest BCUT2D eigenvalue weighted by atomic mass is 10.1. The van der Waals surface area contributed by atoms with Crippen LogP contribution in [0.5, 0.6) is 11.5 Å². The number of methoxy groups -OCH3 is 2. The van der Waals surface area contributed by atoms with Crippen LogP contribution in [0, 0.1) is 0 Å². The van der Waals surface area contributed by atoms with Crippen molar-refractivity contribution in [2.45, 2.75) is 0 Å². The monoisotopic (exact) mass is 479 g/mol. The third kappa shape index (κ3) is 4.30. The number of hydrogen-bond donors (Lipinski definition) is 3. The lowest BCUT2D eigenvalue weighted by Gasteiger charge is -2.15. The molecule has 11 heteroatoms. The van der Waals surface area contributed by atoms with Crippen LogP contribution < -0.4 is 26.4 Å². The van der Waals surface area contributed by atoms with Crippen LogP contribution in [0.1, 0.15) is 10.5 Å². The Morgan fingerprint density at radius 3 is 2.56 bits per heavy atom. The molecule has 0 unspecified atom stereocenters. The van der Waals surface area contributed by atoms with Crippen LogP contribution in [0.25, 0.3) is 27.8 Å². The fourth-order valence-corrected chi connectivity index (χ4v) is 3.72. The number of pyridine rings is 1. The predicted molar refractivity (Wildman–Crippen MR) is 131 cm³/mol. The van der Waals surface area contributed by atoms with E-state index < -0.39 is 5.91 Å². The highest BCUT2D eigenvalue weighted by atomic mass is 35.5. The molecule has 0 radical (unpaired) electrons. The Morgan fingerprint density at radius 2 is 1.88 bits per heavy atom. The summed E-state index contributed by atoms with van der Waals surface area (Å²) >= 11 is 6.16. The Labute approximate surface area is 200 Å². The molecule has 2 aromatic carbocycles. The summed E-state index contributed by atoms with van der Waals surface area (Å²) in [5.41, 5.74) is 8.31. The van der Waals surface area contributed by atoms with Gasteiger partial charge in [-0.15, -0.1) is 0 Å². The zero-order valence-corrected chi connectivity index (χ0v) is 19.2. The van der Waals surface area contributed by atoms with E-state index in [9.17, 15) is 4.79 Å². The van der Waals surface area contributed by atoms with Gasteiger partial charge in [-0.3, -0.25) is 9.78 Å². The fraction of sp³-hybridized carbons (Fsp3) is 0.130. The maximum Gasteiger partial charge on any atom is 0.272 e. The Kier molecular flexibility index (Phi) is 6.51. The number of aromatic nitrogens is 3. The highest BCUT2D eigenvalue weighted by Crippen LogP contribution is 2.40. The molecule has 0 aliphatic heterocycles. The van der Waals surface area contributed by atoms with E-state index in [2.05, 4.69) is 20.5 Å². The van der Waals surface area contributed by atoms with Crippen molar-refractivity contribution in [1.82, 2.24) is 20.1 Å². The second kappa shape index (κ2) is 9.67. The van der Waals surface area contributed by atoms with Gasteiger partial charge < -0.3 is 26.4 Å². The number of nitrogens with one attached hydrogen (secondary N) is 1. The van der Waals surface area contributed by atoms with Gasteiger partial charge in [0, 0.05) is 16.6 Å². The average Bonchev–Trinajstić information content (AvgIpc) is 3.30. The third-order valence-electron chi connectivity index (χ3n) is 5.13. The van der Waals surface area contributed by atoms with Gasteiger partial charge in [-0.2, -0.15) is 10.2 Å². The van der Waals surface area contributed by atoms with Gasteiger partial charge in [-0.05, 0) is 42.5 Å². The number of rotatable bonds is 7. The van der Waals surface area contributed by atoms with E-state index in [0.717, 1.165) is 5.39 Å². The van der Waals surface area contributed by atoms with E-state index in [-0.39, 0.29) is 18.1 Å². The van der Waals surface area contributed by atoms with E-state index >= 15 is 0 Å². The normalized spacial score (nSPS) is 11.4. The van der Waals surface area contributed by atoms with Crippen LogP contribution in [0.2, 0.25) is 5.02 Å². The van der Waals surface area contributed by atoms with Crippen LogP contribution >= 0.6 is 11.6 Å². The Hall–Kier alpha value is -4.31. The van der Waals surface area contributed by atoms with E-state index in [0.29, 0.717) is 39.0 Å². The van der Waals surface area contributed by atoms with Gasteiger partial charge in [-0.25, -0.2) is 4.68 Å². The molecule has 0 aliphatic rings. The van der Waals surface area contributed by atoms with Crippen LogP contribution in [0.4, 0.5) is 0 Å². The Balaban J connectivity index is 1.95. The van der Waals surface area contributed by atoms with E-state index in [1.165, 1.54) is 0 Å². The fourth-order valence-electron chi connectivity index (χ4n) is 3.56. The number of hydrazone groups is 1. The van der Waals surface area contributed by atoms with Crippen LogP contribution in [-0.4, -0.2) is 47.3 Å². The van der Waals surface area contributed by atoms with Crippen molar-refractivity contribution in [2.75, 3.05) is 20.8 Å². The molecular weight excluding hydrogens is 458 g/mol. The summed E-state index contributed by atoms with van der Waals surface area (Å²) in [7, 11) is 3.12. The first-order valence-electron chi connectivity index (χ1n) is 10.1. The van der Waals surface area contributed by atoms with Crippen molar-refractivity contribution in [2.24, 2.45) is 16.7 Å². The smallest absolute Gasteiger partial charge is 0.272 e. The number of nitrogens with two attached hydrogens (primary N) is 2. The number of nitrogens with zero attached hydrogens (tertiary/aromatic N) is 4. The quantitative estimate of drug-likeness (QED) is 0.160. The highest BCUT2D eigenvalue weighted by Gasteiger charge is 2.23. The molecule has 0 atom stereocenters. The Bertz CT molecular complexity index is 1380. The summed E-state index contributed by atoms with van der Waals surface area (Å²) in [5.74, 6) is 5.88. The van der Waals surface area contributed by atoms with Crippen molar-refractivity contribution < 1.29 is 14.3 Å². The molecule has 5 N–H and O–H groups in total. The zero-order valence-electron chi connectivity index (χ0n) is 18.4. The first-order valence-corrected chi connectivity index (χ1v) is 10.5. The number of amidine groups is 1. The number of benzene rings is 2. The second-order valence-electron chi connectivity index (χ2n) is 7.16. The number of amides is 1. The number of carbonyl (C=O) groups is 1. The van der Waals surface area contributed by atoms with Gasteiger partial charge in [0.2, 0.25) is 0 Å². The highest BCUT2D eigenvalue weighted by molar-refractivity contribution is 6.31. The van der Waals surface area contributed by atoms with Gasteiger partial charge in [0.25, 0.3) is 5.91 Å². The number of ether oxygens (including phenoxy) is 2. The molecule has 2 heterocycles. The predicted octanol–water partition coefficient (Wildman–Crippen LogP) is 2.72. The van der Waals surface area contributed by atoms with Crippen molar-refractivity contribution in [1.29, 1.82) is 0 Å². The molecule has 0 aliphatic carbocycles. The summed E-state index contributed by atoms with van der Waals surface area (Å²) in [4.78, 5) is 17.3. The summed E-state index contributed by atoms with van der Waals surface area (Å²) in [6.07, 6.45) is 1.65. The van der Waals surface area contributed by atoms with Crippen molar-refractivity contribution in [3.8, 4) is 28.4 Å². The standard InChI is InChI=1S/C23H22ClN7O3/c1-33-19-4-3-5-20(34-2)22(19)18-11-16(23(32)28-12-21(25)29-26)30-31(18)17-8-9-27-15-10-13(24)6-7-14(15)17/h3-11H,12,26H2,1-2H3,(H2,25,29)(H,28,32). The molecule has 34 heavy (non-hydrogen) atoms. The first kappa shape index (κ1) is 22.9.